The van der Waals surface area contributed by atoms with Gasteiger partial charge in [-0.2, -0.15) is 0 Å². The highest BCUT2D eigenvalue weighted by Crippen LogP contribution is 2.25. The van der Waals surface area contributed by atoms with Gasteiger partial charge in [0, 0.05) is 16.0 Å². The molecule has 0 aliphatic rings. The number of hydrogen-bond donors (Lipinski definition) is 1. The summed E-state index contributed by atoms with van der Waals surface area (Å²) in [5.74, 6) is 0.866. The van der Waals surface area contributed by atoms with E-state index in [9.17, 15) is 0 Å². The van der Waals surface area contributed by atoms with Crippen LogP contribution in [-0.4, -0.2) is 20.2 Å². The van der Waals surface area contributed by atoms with Crippen LogP contribution >= 0.6 is 31.9 Å². The summed E-state index contributed by atoms with van der Waals surface area (Å²) in [5.41, 5.74) is 7.77. The molecule has 0 unspecified atom stereocenters. The van der Waals surface area contributed by atoms with Gasteiger partial charge in [0.15, 0.2) is 0 Å². The number of halogens is 2. The molecule has 2 N–H and O–H groups in total. The first-order valence-electron chi connectivity index (χ1n) is 6.21. The number of nitrogens with zero attached hydrogens (tertiary/aromatic N) is 1. The van der Waals surface area contributed by atoms with Crippen LogP contribution in [0.15, 0.2) is 51.4 Å². The summed E-state index contributed by atoms with van der Waals surface area (Å²) < 4.78 is 7.73. The standard InChI is InChI=1S/C15H16Br2N2O/c1-19(15-7-4-12(17)10-14(15)18)8-9-20-13-5-2-11(16)3-6-13/h2-7,10H,8-9,18H2,1H3. The van der Waals surface area contributed by atoms with Gasteiger partial charge in [0.25, 0.3) is 0 Å². The van der Waals surface area contributed by atoms with Crippen LogP contribution in [0.5, 0.6) is 5.75 Å². The van der Waals surface area contributed by atoms with Gasteiger partial charge in [-0.1, -0.05) is 31.9 Å². The lowest BCUT2D eigenvalue weighted by Gasteiger charge is -2.21. The summed E-state index contributed by atoms with van der Waals surface area (Å²) in [6, 6.07) is 13.7. The number of anilines is 2. The largest absolute Gasteiger partial charge is 0.492 e. The van der Waals surface area contributed by atoms with Crippen molar-refractivity contribution < 1.29 is 4.74 Å². The zero-order valence-corrected chi connectivity index (χ0v) is 14.3. The van der Waals surface area contributed by atoms with E-state index in [1.807, 2.05) is 49.5 Å². The Morgan fingerprint density at radius 3 is 2.35 bits per heavy atom. The minimum absolute atomic E-state index is 0.605. The van der Waals surface area contributed by atoms with E-state index in [4.69, 9.17) is 10.5 Å². The molecule has 2 rings (SSSR count). The molecule has 2 aromatic rings. The summed E-state index contributed by atoms with van der Waals surface area (Å²) >= 11 is 6.81. The smallest absolute Gasteiger partial charge is 0.119 e. The molecule has 0 amide bonds. The van der Waals surface area contributed by atoms with Gasteiger partial charge in [0.05, 0.1) is 17.9 Å². The van der Waals surface area contributed by atoms with Gasteiger partial charge in [-0.25, -0.2) is 0 Å². The summed E-state index contributed by atoms with van der Waals surface area (Å²) in [6.07, 6.45) is 0. The van der Waals surface area contributed by atoms with Gasteiger partial charge < -0.3 is 15.4 Å². The second kappa shape index (κ2) is 6.99. The van der Waals surface area contributed by atoms with E-state index in [0.29, 0.717) is 6.61 Å². The topological polar surface area (TPSA) is 38.5 Å². The normalized spacial score (nSPS) is 10.3. The highest BCUT2D eigenvalue weighted by molar-refractivity contribution is 9.10. The first-order chi connectivity index (χ1) is 9.56. The zero-order valence-electron chi connectivity index (χ0n) is 11.1. The monoisotopic (exact) mass is 398 g/mol. The zero-order chi connectivity index (χ0) is 14.5. The van der Waals surface area contributed by atoms with Gasteiger partial charge in [-0.15, -0.1) is 0 Å². The van der Waals surface area contributed by atoms with E-state index in [1.165, 1.54) is 0 Å². The first kappa shape index (κ1) is 15.2. The fraction of sp³-hybridized carbons (Fsp3) is 0.200. The van der Waals surface area contributed by atoms with Crippen molar-refractivity contribution in [1.29, 1.82) is 0 Å². The number of rotatable bonds is 5. The Bertz CT molecular complexity index is 573. The third-order valence-corrected chi connectivity index (χ3v) is 3.93. The summed E-state index contributed by atoms with van der Waals surface area (Å²) in [7, 11) is 2.00. The van der Waals surface area contributed by atoms with Crippen molar-refractivity contribution in [2.24, 2.45) is 0 Å². The van der Waals surface area contributed by atoms with Gasteiger partial charge in [-0.3, -0.25) is 0 Å². The van der Waals surface area contributed by atoms with Crippen molar-refractivity contribution in [3.05, 3.63) is 51.4 Å². The van der Waals surface area contributed by atoms with Crippen LogP contribution in [0, 0.1) is 0 Å². The third-order valence-electron chi connectivity index (χ3n) is 2.91. The minimum Gasteiger partial charge on any atom is -0.492 e. The van der Waals surface area contributed by atoms with Crippen LogP contribution in [0.2, 0.25) is 0 Å². The molecule has 0 bridgehead atoms. The van der Waals surface area contributed by atoms with Crippen LogP contribution in [0.4, 0.5) is 11.4 Å². The maximum atomic E-state index is 6.00. The van der Waals surface area contributed by atoms with Crippen LogP contribution in [-0.2, 0) is 0 Å². The molecule has 0 atom stereocenters. The number of ether oxygens (including phenoxy) is 1. The number of benzene rings is 2. The maximum Gasteiger partial charge on any atom is 0.119 e. The molecule has 0 aromatic heterocycles. The van der Waals surface area contributed by atoms with E-state index in [-0.39, 0.29) is 0 Å². The highest BCUT2D eigenvalue weighted by atomic mass is 79.9. The van der Waals surface area contributed by atoms with Crippen molar-refractivity contribution in [1.82, 2.24) is 0 Å². The highest BCUT2D eigenvalue weighted by Gasteiger charge is 2.05. The van der Waals surface area contributed by atoms with Crippen LogP contribution in [0.1, 0.15) is 0 Å². The molecular formula is C15H16Br2N2O. The Kier molecular flexibility index (Phi) is 5.31. The number of likely N-dealkylation sites (N-methyl/N-ethyl adjacent to an activating group) is 1. The summed E-state index contributed by atoms with van der Waals surface area (Å²) in [5, 5.41) is 0. The Morgan fingerprint density at radius 2 is 1.70 bits per heavy atom. The molecular weight excluding hydrogens is 384 g/mol. The second-order valence-corrected chi connectivity index (χ2v) is 6.26. The molecule has 0 saturated heterocycles. The van der Waals surface area contributed by atoms with Gasteiger partial charge in [0.1, 0.15) is 12.4 Å². The van der Waals surface area contributed by atoms with Crippen molar-refractivity contribution in [3.8, 4) is 5.75 Å². The molecule has 20 heavy (non-hydrogen) atoms. The molecule has 0 fully saturated rings. The second-order valence-electron chi connectivity index (χ2n) is 4.43. The molecule has 0 spiro atoms. The van der Waals surface area contributed by atoms with Crippen molar-refractivity contribution in [3.63, 3.8) is 0 Å². The minimum atomic E-state index is 0.605. The lowest BCUT2D eigenvalue weighted by atomic mass is 10.2. The predicted molar refractivity (Wildman–Crippen MR) is 91.5 cm³/mol. The van der Waals surface area contributed by atoms with E-state index >= 15 is 0 Å². The van der Waals surface area contributed by atoms with Crippen molar-refractivity contribution >= 4 is 43.2 Å². The third kappa shape index (κ3) is 4.15. The summed E-state index contributed by atoms with van der Waals surface area (Å²) in [6.45, 7) is 1.37. The molecule has 0 heterocycles. The van der Waals surface area contributed by atoms with Crippen molar-refractivity contribution in [2.45, 2.75) is 0 Å². The average Bonchev–Trinajstić information content (AvgIpc) is 2.41. The fourth-order valence-electron chi connectivity index (χ4n) is 1.82. The first-order valence-corrected chi connectivity index (χ1v) is 7.79. The predicted octanol–water partition coefficient (Wildman–Crippen LogP) is 4.31. The van der Waals surface area contributed by atoms with E-state index < -0.39 is 0 Å². The van der Waals surface area contributed by atoms with Gasteiger partial charge in [0.2, 0.25) is 0 Å². The van der Waals surface area contributed by atoms with Gasteiger partial charge in [-0.05, 0) is 42.5 Å². The number of hydrogen-bond acceptors (Lipinski definition) is 3. The molecule has 0 aliphatic heterocycles. The lowest BCUT2D eigenvalue weighted by molar-refractivity contribution is 0.326. The van der Waals surface area contributed by atoms with Crippen LogP contribution in [0.25, 0.3) is 0 Å². The van der Waals surface area contributed by atoms with E-state index in [1.54, 1.807) is 0 Å². The molecule has 0 radical (unpaired) electrons. The molecule has 0 saturated carbocycles. The SMILES string of the molecule is CN(CCOc1ccc(Br)cc1)c1ccc(Br)cc1N. The molecule has 2 aromatic carbocycles. The van der Waals surface area contributed by atoms with Crippen LogP contribution < -0.4 is 15.4 Å². The Hall–Kier alpha value is -1.20. The quantitative estimate of drug-likeness (QED) is 0.761. The maximum absolute atomic E-state index is 6.00. The Morgan fingerprint density at radius 1 is 1.05 bits per heavy atom. The van der Waals surface area contributed by atoms with Crippen molar-refractivity contribution in [2.75, 3.05) is 30.8 Å². The molecule has 5 heteroatoms. The van der Waals surface area contributed by atoms with Crippen LogP contribution in [0.3, 0.4) is 0 Å². The fourth-order valence-corrected chi connectivity index (χ4v) is 2.47. The van der Waals surface area contributed by atoms with Gasteiger partial charge >= 0.3 is 0 Å². The lowest BCUT2D eigenvalue weighted by Crippen LogP contribution is -2.24. The average molecular weight is 400 g/mol. The molecule has 3 nitrogen and oxygen atoms in total. The van der Waals surface area contributed by atoms with E-state index in [2.05, 4.69) is 36.8 Å². The summed E-state index contributed by atoms with van der Waals surface area (Å²) in [4.78, 5) is 2.08. The Labute approximate surface area is 136 Å². The molecule has 106 valence electrons. The molecule has 0 aliphatic carbocycles. The number of nitrogen functional groups attached to an aromatic ring is 1. The number of nitrogens with two attached hydrogens (primary N) is 1. The van der Waals surface area contributed by atoms with E-state index in [0.717, 1.165) is 32.6 Å². The Balaban J connectivity index is 1.88.